The largest absolute Gasteiger partial charge is 0.507 e. The number of hydrogen-bond donors (Lipinski definition) is 1. The first-order valence-electron chi connectivity index (χ1n) is 7.21. The van der Waals surface area contributed by atoms with Crippen molar-refractivity contribution >= 4 is 28.9 Å². The number of carbonyl (C=O) groups is 1. The van der Waals surface area contributed by atoms with Crippen LogP contribution < -0.4 is 9.75 Å². The average Bonchev–Trinajstić information content (AvgIpc) is 2.90. The Kier molecular flexibility index (Phi) is 4.21. The summed E-state index contributed by atoms with van der Waals surface area (Å²) in [5.41, 5.74) is 1.56. The van der Waals surface area contributed by atoms with Gasteiger partial charge in [0, 0.05) is 5.02 Å². The summed E-state index contributed by atoms with van der Waals surface area (Å²) in [5.74, 6) is 0.380. The minimum absolute atomic E-state index is 0.0421. The van der Waals surface area contributed by atoms with E-state index in [1.807, 2.05) is 6.92 Å². The summed E-state index contributed by atoms with van der Waals surface area (Å²) in [6.07, 6.45) is 0.0975. The van der Waals surface area contributed by atoms with E-state index in [9.17, 15) is 9.90 Å². The van der Waals surface area contributed by atoms with E-state index in [2.05, 4.69) is 5.10 Å². The van der Waals surface area contributed by atoms with Crippen LogP contribution in [-0.4, -0.2) is 23.3 Å². The van der Waals surface area contributed by atoms with Crippen LogP contribution in [0.4, 0.5) is 5.69 Å². The molecular formula is C17H15ClN2O3. The van der Waals surface area contributed by atoms with Gasteiger partial charge in [-0.2, -0.15) is 5.10 Å². The normalized spacial score (nSPS) is 14.1. The lowest BCUT2D eigenvalue weighted by molar-refractivity contribution is -0.116. The highest BCUT2D eigenvalue weighted by molar-refractivity contribution is 6.30. The summed E-state index contributed by atoms with van der Waals surface area (Å²) in [6.45, 7) is 2.31. The van der Waals surface area contributed by atoms with Crippen molar-refractivity contribution in [2.45, 2.75) is 13.3 Å². The zero-order valence-corrected chi connectivity index (χ0v) is 13.2. The molecule has 0 unspecified atom stereocenters. The molecule has 0 atom stereocenters. The van der Waals surface area contributed by atoms with Crippen LogP contribution >= 0.6 is 11.6 Å². The molecule has 0 aromatic heterocycles. The molecule has 3 rings (SSSR count). The summed E-state index contributed by atoms with van der Waals surface area (Å²) in [5, 5.41) is 16.4. The molecule has 118 valence electrons. The Morgan fingerprint density at radius 3 is 2.70 bits per heavy atom. The molecule has 0 aliphatic carbocycles. The Balaban J connectivity index is 2.00. The summed E-state index contributed by atoms with van der Waals surface area (Å²) in [4.78, 5) is 12.3. The molecule has 2 aromatic rings. The van der Waals surface area contributed by atoms with E-state index >= 15 is 0 Å². The van der Waals surface area contributed by atoms with Crippen molar-refractivity contribution in [1.82, 2.24) is 0 Å². The quantitative estimate of drug-likeness (QED) is 0.932. The first kappa shape index (κ1) is 15.4. The molecule has 0 bridgehead atoms. The standard InChI is InChI=1S/C17H15ClN2O3/c1-2-23-15-5-3-4-14(21)17(15)13-10-16(22)20(19-13)12-8-6-11(18)7-9-12/h3-9,21H,2,10H2,1H3. The van der Waals surface area contributed by atoms with Crippen LogP contribution in [0.2, 0.25) is 5.02 Å². The number of halogens is 1. The van der Waals surface area contributed by atoms with Gasteiger partial charge in [-0.3, -0.25) is 4.79 Å². The van der Waals surface area contributed by atoms with Crippen LogP contribution in [0.25, 0.3) is 0 Å². The number of amides is 1. The molecule has 6 heteroatoms. The molecule has 0 saturated heterocycles. The highest BCUT2D eigenvalue weighted by Crippen LogP contribution is 2.33. The molecule has 1 N–H and O–H groups in total. The predicted molar refractivity (Wildman–Crippen MR) is 89.4 cm³/mol. The van der Waals surface area contributed by atoms with Gasteiger partial charge >= 0.3 is 0 Å². The van der Waals surface area contributed by atoms with Gasteiger partial charge in [0.15, 0.2) is 0 Å². The molecule has 23 heavy (non-hydrogen) atoms. The van der Waals surface area contributed by atoms with Crippen LogP contribution in [0.3, 0.4) is 0 Å². The average molecular weight is 331 g/mol. The predicted octanol–water partition coefficient (Wildman–Crippen LogP) is 3.59. The van der Waals surface area contributed by atoms with E-state index in [1.54, 1.807) is 42.5 Å². The summed E-state index contributed by atoms with van der Waals surface area (Å²) in [7, 11) is 0. The molecule has 1 heterocycles. The fourth-order valence-electron chi connectivity index (χ4n) is 2.44. The number of rotatable bonds is 4. The number of hydrogen-bond acceptors (Lipinski definition) is 4. The van der Waals surface area contributed by atoms with Gasteiger partial charge in [-0.25, -0.2) is 5.01 Å². The molecule has 1 amide bonds. The number of anilines is 1. The number of carbonyl (C=O) groups excluding carboxylic acids is 1. The topological polar surface area (TPSA) is 62.1 Å². The zero-order chi connectivity index (χ0) is 16.4. The fourth-order valence-corrected chi connectivity index (χ4v) is 2.56. The minimum Gasteiger partial charge on any atom is -0.507 e. The highest BCUT2D eigenvalue weighted by atomic mass is 35.5. The number of nitrogens with zero attached hydrogens (tertiary/aromatic N) is 2. The Hall–Kier alpha value is -2.53. The maximum Gasteiger partial charge on any atom is 0.253 e. The van der Waals surface area contributed by atoms with Gasteiger partial charge in [0.2, 0.25) is 0 Å². The monoisotopic (exact) mass is 330 g/mol. The molecule has 0 radical (unpaired) electrons. The van der Waals surface area contributed by atoms with Crippen LogP contribution in [0, 0.1) is 0 Å². The van der Waals surface area contributed by atoms with Crippen molar-refractivity contribution in [3.05, 3.63) is 53.1 Å². The van der Waals surface area contributed by atoms with E-state index in [1.165, 1.54) is 5.01 Å². The van der Waals surface area contributed by atoms with Gasteiger partial charge in [0.05, 0.1) is 30.0 Å². The van der Waals surface area contributed by atoms with Crippen molar-refractivity contribution < 1.29 is 14.6 Å². The Morgan fingerprint density at radius 2 is 2.00 bits per heavy atom. The molecule has 1 aliphatic heterocycles. The number of hydrazone groups is 1. The van der Waals surface area contributed by atoms with E-state index < -0.39 is 0 Å². The third-order valence-electron chi connectivity index (χ3n) is 3.44. The fraction of sp³-hybridized carbons (Fsp3) is 0.176. The smallest absolute Gasteiger partial charge is 0.253 e. The first-order valence-corrected chi connectivity index (χ1v) is 7.59. The highest BCUT2D eigenvalue weighted by Gasteiger charge is 2.29. The molecule has 2 aromatic carbocycles. The maximum atomic E-state index is 12.3. The van der Waals surface area contributed by atoms with Crippen LogP contribution in [0.15, 0.2) is 47.6 Å². The maximum absolute atomic E-state index is 12.3. The summed E-state index contributed by atoms with van der Waals surface area (Å²) in [6, 6.07) is 11.8. The molecule has 5 nitrogen and oxygen atoms in total. The van der Waals surface area contributed by atoms with Crippen molar-refractivity contribution in [2.75, 3.05) is 11.6 Å². The van der Waals surface area contributed by atoms with Gasteiger partial charge in [0.1, 0.15) is 11.5 Å². The summed E-state index contributed by atoms with van der Waals surface area (Å²) >= 11 is 5.87. The van der Waals surface area contributed by atoms with E-state index in [4.69, 9.17) is 16.3 Å². The number of phenols is 1. The molecular weight excluding hydrogens is 316 g/mol. The Bertz CT molecular complexity index is 772. The first-order chi connectivity index (χ1) is 11.1. The number of phenolic OH excluding ortho intramolecular Hbond substituents is 1. The SMILES string of the molecule is CCOc1cccc(O)c1C1=NN(c2ccc(Cl)cc2)C(=O)C1. The van der Waals surface area contributed by atoms with E-state index in [0.717, 1.165) is 0 Å². The number of benzene rings is 2. The van der Waals surface area contributed by atoms with Crippen LogP contribution in [-0.2, 0) is 4.79 Å². The molecule has 0 saturated carbocycles. The van der Waals surface area contributed by atoms with E-state index in [0.29, 0.717) is 34.3 Å². The zero-order valence-electron chi connectivity index (χ0n) is 12.5. The number of ether oxygens (including phenoxy) is 1. The van der Waals surface area contributed by atoms with Crippen LogP contribution in [0.5, 0.6) is 11.5 Å². The molecule has 0 fully saturated rings. The Morgan fingerprint density at radius 1 is 1.26 bits per heavy atom. The summed E-state index contributed by atoms with van der Waals surface area (Å²) < 4.78 is 5.53. The van der Waals surface area contributed by atoms with Gasteiger partial charge in [-0.05, 0) is 43.3 Å². The van der Waals surface area contributed by atoms with Crippen molar-refractivity contribution in [1.29, 1.82) is 0 Å². The van der Waals surface area contributed by atoms with Gasteiger partial charge in [0.25, 0.3) is 5.91 Å². The van der Waals surface area contributed by atoms with Gasteiger partial charge in [-0.15, -0.1) is 0 Å². The second-order valence-corrected chi connectivity index (χ2v) is 5.43. The second kappa shape index (κ2) is 6.30. The minimum atomic E-state index is -0.173. The lowest BCUT2D eigenvalue weighted by atomic mass is 10.1. The number of aromatic hydroxyl groups is 1. The lowest BCUT2D eigenvalue weighted by Crippen LogP contribution is -2.19. The van der Waals surface area contributed by atoms with Crippen molar-refractivity contribution in [3.8, 4) is 11.5 Å². The lowest BCUT2D eigenvalue weighted by Gasteiger charge is -2.12. The van der Waals surface area contributed by atoms with Crippen LogP contribution in [0.1, 0.15) is 18.9 Å². The van der Waals surface area contributed by atoms with Crippen molar-refractivity contribution in [2.24, 2.45) is 5.10 Å². The Labute approximate surface area is 138 Å². The third-order valence-corrected chi connectivity index (χ3v) is 3.69. The second-order valence-electron chi connectivity index (χ2n) is 4.99. The third kappa shape index (κ3) is 3.00. The van der Waals surface area contributed by atoms with Gasteiger partial charge < -0.3 is 9.84 Å². The van der Waals surface area contributed by atoms with Crippen molar-refractivity contribution in [3.63, 3.8) is 0 Å². The molecule has 0 spiro atoms. The molecule has 1 aliphatic rings. The van der Waals surface area contributed by atoms with Gasteiger partial charge in [-0.1, -0.05) is 17.7 Å². The van der Waals surface area contributed by atoms with E-state index in [-0.39, 0.29) is 18.1 Å².